The van der Waals surface area contributed by atoms with Gasteiger partial charge in [0.1, 0.15) is 17.3 Å². The normalized spacial score (nSPS) is 18.1. The van der Waals surface area contributed by atoms with Crippen molar-refractivity contribution in [2.24, 2.45) is 0 Å². The van der Waals surface area contributed by atoms with Gasteiger partial charge >= 0.3 is 0 Å². The van der Waals surface area contributed by atoms with Crippen LogP contribution in [0, 0.1) is 12.7 Å². The van der Waals surface area contributed by atoms with Gasteiger partial charge in [0.25, 0.3) is 11.7 Å². The van der Waals surface area contributed by atoms with E-state index in [-0.39, 0.29) is 23.4 Å². The number of benzene rings is 2. The summed E-state index contributed by atoms with van der Waals surface area (Å²) >= 11 is 0. The van der Waals surface area contributed by atoms with E-state index in [1.165, 1.54) is 30.2 Å². The Hall–Kier alpha value is -3.19. The van der Waals surface area contributed by atoms with Gasteiger partial charge in [0.15, 0.2) is 0 Å². The second kappa shape index (κ2) is 9.09. The van der Waals surface area contributed by atoms with Crippen molar-refractivity contribution in [3.63, 3.8) is 0 Å². The lowest BCUT2D eigenvalue weighted by atomic mass is 9.94. The molecule has 6 nitrogen and oxygen atoms in total. The number of amides is 1. The molecule has 1 aliphatic heterocycles. The van der Waals surface area contributed by atoms with Crippen molar-refractivity contribution in [1.29, 1.82) is 0 Å². The highest BCUT2D eigenvalue weighted by Crippen LogP contribution is 2.40. The van der Waals surface area contributed by atoms with Gasteiger partial charge in [-0.25, -0.2) is 4.39 Å². The van der Waals surface area contributed by atoms with Crippen LogP contribution in [0.3, 0.4) is 0 Å². The molecule has 1 amide bonds. The number of methoxy groups -OCH3 is 2. The standard InChI is InChI=1S/C23H24FNO5/c1-14-12-16(8-9-18(14)24)21(26)19-20(15-6-4-7-17(13-15)30-3)25(10-5-11-29-2)23(28)22(19)27/h4,6-9,12-13,20,26H,5,10-11H2,1-3H3/b21-19-. The van der Waals surface area contributed by atoms with E-state index < -0.39 is 23.5 Å². The number of ether oxygens (including phenoxy) is 2. The third-order valence-corrected chi connectivity index (χ3v) is 5.13. The number of rotatable bonds is 7. The van der Waals surface area contributed by atoms with Crippen molar-refractivity contribution >= 4 is 17.4 Å². The quantitative estimate of drug-likeness (QED) is 0.325. The van der Waals surface area contributed by atoms with Gasteiger partial charge in [-0.1, -0.05) is 12.1 Å². The molecular weight excluding hydrogens is 389 g/mol. The molecule has 1 N–H and O–H groups in total. The molecule has 1 saturated heterocycles. The third-order valence-electron chi connectivity index (χ3n) is 5.13. The highest BCUT2D eigenvalue weighted by molar-refractivity contribution is 6.46. The monoisotopic (exact) mass is 413 g/mol. The van der Waals surface area contributed by atoms with E-state index in [1.54, 1.807) is 38.3 Å². The van der Waals surface area contributed by atoms with Gasteiger partial charge in [-0.3, -0.25) is 9.59 Å². The molecule has 7 heteroatoms. The van der Waals surface area contributed by atoms with Crippen molar-refractivity contribution in [3.8, 4) is 5.75 Å². The minimum atomic E-state index is -0.790. The van der Waals surface area contributed by atoms with Crippen molar-refractivity contribution in [2.75, 3.05) is 27.4 Å². The fourth-order valence-electron chi connectivity index (χ4n) is 3.60. The molecule has 0 radical (unpaired) electrons. The van der Waals surface area contributed by atoms with Crippen LogP contribution in [0.2, 0.25) is 0 Å². The average Bonchev–Trinajstić information content (AvgIpc) is 3.00. The van der Waals surface area contributed by atoms with E-state index in [9.17, 15) is 19.1 Å². The van der Waals surface area contributed by atoms with Crippen molar-refractivity contribution in [2.45, 2.75) is 19.4 Å². The fraction of sp³-hybridized carbons (Fsp3) is 0.304. The zero-order chi connectivity index (χ0) is 21.8. The van der Waals surface area contributed by atoms with E-state index >= 15 is 0 Å². The summed E-state index contributed by atoms with van der Waals surface area (Å²) in [6, 6.07) is 10.3. The first kappa shape index (κ1) is 21.5. The predicted molar refractivity (Wildman–Crippen MR) is 110 cm³/mol. The van der Waals surface area contributed by atoms with Gasteiger partial charge in [-0.05, 0) is 54.8 Å². The molecule has 3 rings (SSSR count). The molecule has 158 valence electrons. The van der Waals surface area contributed by atoms with Gasteiger partial charge in [0.2, 0.25) is 0 Å². The summed E-state index contributed by atoms with van der Waals surface area (Å²) in [6.07, 6.45) is 0.527. The second-order valence-electron chi connectivity index (χ2n) is 7.08. The fourth-order valence-corrected chi connectivity index (χ4v) is 3.60. The Balaban J connectivity index is 2.15. The van der Waals surface area contributed by atoms with Crippen LogP contribution in [-0.2, 0) is 14.3 Å². The van der Waals surface area contributed by atoms with Gasteiger partial charge in [-0.2, -0.15) is 0 Å². The third kappa shape index (κ3) is 4.07. The Labute approximate surface area is 174 Å². The van der Waals surface area contributed by atoms with Crippen LogP contribution in [-0.4, -0.2) is 49.1 Å². The minimum Gasteiger partial charge on any atom is -0.507 e. The van der Waals surface area contributed by atoms with Crippen LogP contribution in [0.25, 0.3) is 5.76 Å². The van der Waals surface area contributed by atoms with Gasteiger partial charge in [0.05, 0.1) is 18.7 Å². The molecule has 0 aromatic heterocycles. The highest BCUT2D eigenvalue weighted by Gasteiger charge is 2.45. The first-order valence-electron chi connectivity index (χ1n) is 9.56. The van der Waals surface area contributed by atoms with Crippen LogP contribution in [0.1, 0.15) is 29.2 Å². The summed E-state index contributed by atoms with van der Waals surface area (Å²) < 4.78 is 24.0. The van der Waals surface area contributed by atoms with Crippen molar-refractivity contribution < 1.29 is 28.6 Å². The number of carbonyl (C=O) groups excluding carboxylic acids is 2. The number of aliphatic hydroxyl groups excluding tert-OH is 1. The number of aliphatic hydroxyl groups is 1. The molecule has 1 unspecified atom stereocenters. The van der Waals surface area contributed by atoms with Gasteiger partial charge < -0.3 is 19.5 Å². The predicted octanol–water partition coefficient (Wildman–Crippen LogP) is 3.60. The first-order chi connectivity index (χ1) is 14.4. The van der Waals surface area contributed by atoms with Crippen LogP contribution in [0.15, 0.2) is 48.0 Å². The summed E-state index contributed by atoms with van der Waals surface area (Å²) in [5.74, 6) is -1.67. The maximum atomic E-state index is 13.7. The summed E-state index contributed by atoms with van der Waals surface area (Å²) in [5.41, 5.74) is 1.20. The van der Waals surface area contributed by atoms with Crippen molar-refractivity contribution in [1.82, 2.24) is 4.90 Å². The molecule has 1 aliphatic rings. The van der Waals surface area contributed by atoms with E-state index in [0.29, 0.717) is 29.9 Å². The van der Waals surface area contributed by atoms with Gasteiger partial charge in [0, 0.05) is 25.8 Å². The van der Waals surface area contributed by atoms with Crippen LogP contribution >= 0.6 is 0 Å². The molecule has 1 atom stereocenters. The average molecular weight is 413 g/mol. The van der Waals surface area contributed by atoms with Gasteiger partial charge in [-0.15, -0.1) is 0 Å². The topological polar surface area (TPSA) is 76.1 Å². The summed E-state index contributed by atoms with van der Waals surface area (Å²) in [5, 5.41) is 11.0. The van der Waals surface area contributed by atoms with Crippen LogP contribution in [0.5, 0.6) is 5.75 Å². The number of halogens is 1. The number of Topliss-reactive ketones (excluding diaryl/α,β-unsaturated/α-hetero) is 1. The highest BCUT2D eigenvalue weighted by atomic mass is 19.1. The molecule has 0 saturated carbocycles. The molecule has 1 fully saturated rings. The Kier molecular flexibility index (Phi) is 6.52. The molecule has 0 spiro atoms. The smallest absolute Gasteiger partial charge is 0.295 e. The maximum absolute atomic E-state index is 13.7. The number of ketones is 1. The van der Waals surface area contributed by atoms with E-state index in [1.807, 2.05) is 0 Å². The van der Waals surface area contributed by atoms with E-state index in [0.717, 1.165) is 0 Å². The lowest BCUT2D eigenvalue weighted by Gasteiger charge is -2.25. The zero-order valence-electron chi connectivity index (χ0n) is 17.1. The minimum absolute atomic E-state index is 0.0309. The SMILES string of the molecule is COCCCN1C(=O)C(=O)/C(=C(\O)c2ccc(F)c(C)c2)C1c1cccc(OC)c1. The second-order valence-corrected chi connectivity index (χ2v) is 7.08. The molecule has 2 aromatic rings. The van der Waals surface area contributed by atoms with Crippen LogP contribution in [0.4, 0.5) is 4.39 Å². The molecule has 30 heavy (non-hydrogen) atoms. The molecule has 0 aliphatic carbocycles. The number of hydrogen-bond donors (Lipinski definition) is 1. The molecule has 0 bridgehead atoms. The largest absolute Gasteiger partial charge is 0.507 e. The first-order valence-corrected chi connectivity index (χ1v) is 9.56. The maximum Gasteiger partial charge on any atom is 0.295 e. The van der Waals surface area contributed by atoms with E-state index in [2.05, 4.69) is 0 Å². The zero-order valence-corrected chi connectivity index (χ0v) is 17.1. The number of likely N-dealkylation sites (tertiary alicyclic amines) is 1. The lowest BCUT2D eigenvalue weighted by molar-refractivity contribution is -0.140. The van der Waals surface area contributed by atoms with Crippen LogP contribution < -0.4 is 4.74 Å². The Morgan fingerprint density at radius 3 is 2.60 bits per heavy atom. The summed E-state index contributed by atoms with van der Waals surface area (Å²) in [6.45, 7) is 2.26. The number of nitrogens with zero attached hydrogens (tertiary/aromatic N) is 1. The Morgan fingerprint density at radius 1 is 1.17 bits per heavy atom. The summed E-state index contributed by atoms with van der Waals surface area (Å²) in [4.78, 5) is 27.1. The molecule has 1 heterocycles. The molecular formula is C23H24FNO5. The molecule has 2 aromatic carbocycles. The number of aryl methyl sites for hydroxylation is 1. The number of carbonyl (C=O) groups is 2. The Morgan fingerprint density at radius 2 is 1.93 bits per heavy atom. The Bertz CT molecular complexity index is 1000. The van der Waals surface area contributed by atoms with Crippen molar-refractivity contribution in [3.05, 3.63) is 70.5 Å². The number of hydrogen-bond acceptors (Lipinski definition) is 5. The van der Waals surface area contributed by atoms with E-state index in [4.69, 9.17) is 9.47 Å². The lowest BCUT2D eigenvalue weighted by Crippen LogP contribution is -2.31. The summed E-state index contributed by atoms with van der Waals surface area (Å²) in [7, 11) is 3.08.